The maximum atomic E-state index is 12.2. The van der Waals surface area contributed by atoms with E-state index in [1.807, 2.05) is 30.5 Å². The van der Waals surface area contributed by atoms with Crippen LogP contribution in [0.4, 0.5) is 17.1 Å². The van der Waals surface area contributed by atoms with E-state index in [2.05, 4.69) is 15.6 Å². The third-order valence-electron chi connectivity index (χ3n) is 5.32. The first-order valence-electron chi connectivity index (χ1n) is 9.91. The van der Waals surface area contributed by atoms with Gasteiger partial charge in [0, 0.05) is 35.8 Å². The van der Waals surface area contributed by atoms with Gasteiger partial charge in [-0.05, 0) is 29.7 Å². The molecule has 0 spiro atoms. The van der Waals surface area contributed by atoms with E-state index < -0.39 is 22.9 Å². The van der Waals surface area contributed by atoms with Crippen LogP contribution in [0.15, 0.2) is 64.3 Å². The summed E-state index contributed by atoms with van der Waals surface area (Å²) in [4.78, 5) is 38.6. The fourth-order valence-corrected chi connectivity index (χ4v) is 3.62. The van der Waals surface area contributed by atoms with Gasteiger partial charge in [0.2, 0.25) is 0 Å². The van der Waals surface area contributed by atoms with Gasteiger partial charge in [0.15, 0.2) is 0 Å². The molecule has 0 aliphatic rings. The number of H-pyrrole nitrogens is 1. The van der Waals surface area contributed by atoms with Gasteiger partial charge in [-0.1, -0.05) is 36.4 Å². The summed E-state index contributed by atoms with van der Waals surface area (Å²) >= 11 is 0. The Bertz CT molecular complexity index is 1320. The van der Waals surface area contributed by atoms with Crippen LogP contribution in [0.25, 0.3) is 10.9 Å². The number of nitrogens with one attached hydrogen (secondary N) is 3. The highest BCUT2D eigenvalue weighted by Gasteiger charge is 2.22. The summed E-state index contributed by atoms with van der Waals surface area (Å²) in [6.45, 7) is 0.479. The normalized spacial score (nSPS) is 12.2. The first kappa shape index (κ1) is 20.4. The zero-order valence-corrected chi connectivity index (χ0v) is 16.6. The second-order valence-corrected chi connectivity index (χ2v) is 7.38. The van der Waals surface area contributed by atoms with Gasteiger partial charge in [0.25, 0.3) is 10.9 Å². The maximum Gasteiger partial charge on any atom is 0.320 e. The predicted molar refractivity (Wildman–Crippen MR) is 121 cm³/mol. The second kappa shape index (κ2) is 8.45. The van der Waals surface area contributed by atoms with Crippen LogP contribution in [0.1, 0.15) is 11.1 Å². The molecule has 8 heteroatoms. The number of carboxylic acids is 1. The Hall–Kier alpha value is -3.91. The summed E-state index contributed by atoms with van der Waals surface area (Å²) in [5.74, 6) is -1.11. The van der Waals surface area contributed by atoms with E-state index in [4.69, 9.17) is 10.8 Å². The lowest BCUT2D eigenvalue weighted by atomic mass is 10.0. The SMILES string of the molecule is N[C@@H](Cc1ccccc1Nc1c(NCCc2c[nH]c3ccccc23)c(=O)c1=O)C(=O)O. The van der Waals surface area contributed by atoms with Crippen molar-refractivity contribution in [1.82, 2.24) is 4.98 Å². The molecule has 0 amide bonds. The Balaban J connectivity index is 1.47. The molecule has 158 valence electrons. The predicted octanol–water partition coefficient (Wildman–Crippen LogP) is 2.12. The molecule has 3 aromatic carbocycles. The molecule has 0 aliphatic carbocycles. The summed E-state index contributed by atoms with van der Waals surface area (Å²) in [6, 6.07) is 13.9. The molecule has 0 unspecified atom stereocenters. The van der Waals surface area contributed by atoms with Crippen molar-refractivity contribution in [3.05, 3.63) is 86.3 Å². The number of aromatic nitrogens is 1. The molecule has 6 N–H and O–H groups in total. The second-order valence-electron chi connectivity index (χ2n) is 7.38. The van der Waals surface area contributed by atoms with Crippen molar-refractivity contribution in [3.63, 3.8) is 0 Å². The van der Waals surface area contributed by atoms with Gasteiger partial charge >= 0.3 is 5.97 Å². The monoisotopic (exact) mass is 418 g/mol. The number of anilines is 3. The van der Waals surface area contributed by atoms with Crippen molar-refractivity contribution in [2.75, 3.05) is 17.2 Å². The van der Waals surface area contributed by atoms with Crippen LogP contribution in [-0.4, -0.2) is 28.6 Å². The first-order chi connectivity index (χ1) is 15.0. The molecule has 0 saturated heterocycles. The average Bonchev–Trinajstić information content (AvgIpc) is 3.19. The number of benzene rings is 2. The van der Waals surface area contributed by atoms with Crippen LogP contribution in [0.5, 0.6) is 0 Å². The molecular weight excluding hydrogens is 396 g/mol. The van der Waals surface area contributed by atoms with Crippen LogP contribution in [0.3, 0.4) is 0 Å². The van der Waals surface area contributed by atoms with E-state index in [9.17, 15) is 14.4 Å². The van der Waals surface area contributed by atoms with Gasteiger partial charge in [-0.3, -0.25) is 14.4 Å². The fraction of sp³-hybridized carbons (Fsp3) is 0.174. The number of aromatic amines is 1. The lowest BCUT2D eigenvalue weighted by Gasteiger charge is -2.18. The van der Waals surface area contributed by atoms with Gasteiger partial charge in [-0.2, -0.15) is 0 Å². The van der Waals surface area contributed by atoms with Gasteiger partial charge in [0.05, 0.1) is 0 Å². The van der Waals surface area contributed by atoms with E-state index in [-0.39, 0.29) is 17.8 Å². The van der Waals surface area contributed by atoms with E-state index in [1.165, 1.54) is 0 Å². The Morgan fingerprint density at radius 3 is 2.52 bits per heavy atom. The largest absolute Gasteiger partial charge is 0.480 e. The molecule has 0 saturated carbocycles. The number of nitrogens with two attached hydrogens (primary N) is 1. The standard InChI is InChI=1S/C23H22N4O4/c24-16(23(30)31)11-13-5-1-3-7-17(13)27-20-19(21(28)22(20)29)25-10-9-14-12-26-18-8-4-2-6-15(14)18/h1-8,12,16,25-27H,9-11,24H2,(H,30,31)/t16-/m0/s1. The minimum Gasteiger partial charge on any atom is -0.480 e. The van der Waals surface area contributed by atoms with Crippen molar-refractivity contribution >= 4 is 33.9 Å². The van der Waals surface area contributed by atoms with Crippen molar-refractivity contribution in [3.8, 4) is 0 Å². The summed E-state index contributed by atoms with van der Waals surface area (Å²) < 4.78 is 0. The molecule has 31 heavy (non-hydrogen) atoms. The van der Waals surface area contributed by atoms with Crippen LogP contribution >= 0.6 is 0 Å². The Labute approximate surface area is 177 Å². The number of hydrogen-bond acceptors (Lipinski definition) is 6. The molecule has 0 fully saturated rings. The lowest BCUT2D eigenvalue weighted by molar-refractivity contribution is -0.138. The van der Waals surface area contributed by atoms with E-state index in [0.29, 0.717) is 24.2 Å². The van der Waals surface area contributed by atoms with Gasteiger partial charge < -0.3 is 26.5 Å². The van der Waals surface area contributed by atoms with Crippen molar-refractivity contribution < 1.29 is 9.90 Å². The molecule has 4 rings (SSSR count). The van der Waals surface area contributed by atoms with Gasteiger partial charge in [-0.15, -0.1) is 0 Å². The smallest absolute Gasteiger partial charge is 0.320 e. The zero-order chi connectivity index (χ0) is 22.0. The molecular formula is C23H22N4O4. The van der Waals surface area contributed by atoms with E-state index in [0.717, 1.165) is 16.5 Å². The van der Waals surface area contributed by atoms with E-state index >= 15 is 0 Å². The molecule has 0 aliphatic heterocycles. The van der Waals surface area contributed by atoms with Crippen molar-refractivity contribution in [2.45, 2.75) is 18.9 Å². The highest BCUT2D eigenvalue weighted by Crippen LogP contribution is 2.25. The summed E-state index contributed by atoms with van der Waals surface area (Å²) in [7, 11) is 0. The number of carbonyl (C=O) groups is 1. The molecule has 1 heterocycles. The molecule has 1 aromatic heterocycles. The number of para-hydroxylation sites is 2. The molecule has 8 nitrogen and oxygen atoms in total. The summed E-state index contributed by atoms with van der Waals surface area (Å²) in [5, 5.41) is 16.2. The minimum atomic E-state index is -1.11. The minimum absolute atomic E-state index is 0.0945. The Morgan fingerprint density at radius 1 is 1.00 bits per heavy atom. The number of rotatable bonds is 9. The highest BCUT2D eigenvalue weighted by atomic mass is 16.4. The van der Waals surface area contributed by atoms with Crippen LogP contribution in [0, 0.1) is 0 Å². The highest BCUT2D eigenvalue weighted by molar-refractivity contribution is 5.83. The Morgan fingerprint density at radius 2 is 1.71 bits per heavy atom. The van der Waals surface area contributed by atoms with E-state index in [1.54, 1.807) is 24.3 Å². The van der Waals surface area contributed by atoms with Gasteiger partial charge in [0.1, 0.15) is 17.4 Å². The topological polar surface area (TPSA) is 137 Å². The van der Waals surface area contributed by atoms with Crippen LogP contribution in [-0.2, 0) is 17.6 Å². The maximum absolute atomic E-state index is 12.2. The van der Waals surface area contributed by atoms with Crippen LogP contribution < -0.4 is 27.2 Å². The number of hydrogen-bond donors (Lipinski definition) is 5. The Kier molecular flexibility index (Phi) is 5.55. The molecule has 4 aromatic rings. The third kappa shape index (κ3) is 4.06. The molecule has 1 atom stereocenters. The fourth-order valence-electron chi connectivity index (χ4n) is 3.62. The number of carboxylic acid groups (broad SMARTS) is 1. The van der Waals surface area contributed by atoms with Crippen molar-refractivity contribution in [1.29, 1.82) is 0 Å². The third-order valence-corrected chi connectivity index (χ3v) is 5.32. The average molecular weight is 418 g/mol. The summed E-state index contributed by atoms with van der Waals surface area (Å²) in [6.07, 6.45) is 2.71. The number of aliphatic carboxylic acids is 1. The number of fused-ring (bicyclic) bond motifs is 1. The molecule has 0 bridgehead atoms. The quantitative estimate of drug-likeness (QED) is 0.263. The lowest BCUT2D eigenvalue weighted by Crippen LogP contribution is -2.37. The van der Waals surface area contributed by atoms with Crippen molar-refractivity contribution in [2.24, 2.45) is 5.73 Å². The van der Waals surface area contributed by atoms with Crippen LogP contribution in [0.2, 0.25) is 0 Å². The van der Waals surface area contributed by atoms with Gasteiger partial charge in [-0.25, -0.2) is 0 Å². The summed E-state index contributed by atoms with van der Waals surface area (Å²) in [5.41, 5.74) is 8.25. The zero-order valence-electron chi connectivity index (χ0n) is 16.6. The molecule has 0 radical (unpaired) electrons. The first-order valence-corrected chi connectivity index (χ1v) is 9.91.